The number of carbonyl (C=O) groups excluding carboxylic acids is 1. The Morgan fingerprint density at radius 3 is 2.40 bits per heavy atom. The molecule has 0 spiro atoms. The third-order valence-corrected chi connectivity index (χ3v) is 9.07. The molecule has 0 saturated carbocycles. The topological polar surface area (TPSA) is 90.2 Å². The van der Waals surface area contributed by atoms with Crippen LogP contribution >= 0.6 is 11.3 Å². The van der Waals surface area contributed by atoms with E-state index in [2.05, 4.69) is 18.8 Å². The van der Waals surface area contributed by atoms with Crippen molar-refractivity contribution in [3.8, 4) is 5.75 Å². The Labute approximate surface area is 209 Å². The molecule has 2 unspecified atom stereocenters. The van der Waals surface area contributed by atoms with E-state index in [0.717, 1.165) is 22.4 Å². The van der Waals surface area contributed by atoms with Gasteiger partial charge in [0.25, 0.3) is 5.91 Å². The Morgan fingerprint density at radius 2 is 1.77 bits per heavy atom. The van der Waals surface area contributed by atoms with Gasteiger partial charge in [-0.2, -0.15) is 9.30 Å². The molecule has 1 aliphatic rings. The Balaban J connectivity index is 1.63. The van der Waals surface area contributed by atoms with Crippen molar-refractivity contribution in [1.29, 1.82) is 0 Å². The van der Waals surface area contributed by atoms with Gasteiger partial charge < -0.3 is 14.0 Å². The Bertz CT molecular complexity index is 1370. The number of hydrogen-bond acceptors (Lipinski definition) is 6. The van der Waals surface area contributed by atoms with E-state index < -0.39 is 15.9 Å². The molecule has 0 N–H and O–H groups in total. The average Bonchev–Trinajstić information content (AvgIpc) is 3.17. The fraction of sp³-hybridized carbons (Fsp3) is 0.440. The van der Waals surface area contributed by atoms with Crippen LogP contribution in [0.25, 0.3) is 10.2 Å². The van der Waals surface area contributed by atoms with E-state index in [-0.39, 0.29) is 4.90 Å². The molecule has 2 heterocycles. The molecule has 0 aliphatic carbocycles. The standard InChI is InChI=1S/C25H31N3O5S2/c1-17-13-18(2)16-27(15-17)35(30,31)21-8-5-19(6-9-21)24(29)26-25-28(11-12-32-3)22-10-7-20(33-4)14-23(22)34-25/h5-10,14,17-18H,11-13,15-16H2,1-4H3. The average molecular weight is 518 g/mol. The molecule has 0 radical (unpaired) electrons. The summed E-state index contributed by atoms with van der Waals surface area (Å²) in [6.45, 7) is 6.19. The third kappa shape index (κ3) is 5.50. The van der Waals surface area contributed by atoms with Gasteiger partial charge in [-0.05, 0) is 60.7 Å². The molecule has 188 valence electrons. The number of hydrogen-bond donors (Lipinski definition) is 0. The number of aromatic nitrogens is 1. The summed E-state index contributed by atoms with van der Waals surface area (Å²) < 4.78 is 41.3. The largest absolute Gasteiger partial charge is 0.497 e. The lowest BCUT2D eigenvalue weighted by atomic mass is 9.94. The van der Waals surface area contributed by atoms with Crippen molar-refractivity contribution in [3.63, 3.8) is 0 Å². The number of benzene rings is 2. The highest BCUT2D eigenvalue weighted by Gasteiger charge is 2.31. The van der Waals surface area contributed by atoms with E-state index in [0.29, 0.717) is 48.4 Å². The van der Waals surface area contributed by atoms with Gasteiger partial charge in [0.05, 0.1) is 28.8 Å². The van der Waals surface area contributed by atoms with Gasteiger partial charge in [-0.15, -0.1) is 0 Å². The second-order valence-electron chi connectivity index (χ2n) is 9.07. The first-order valence-corrected chi connectivity index (χ1v) is 13.8. The molecule has 8 nitrogen and oxygen atoms in total. The number of methoxy groups -OCH3 is 2. The maximum Gasteiger partial charge on any atom is 0.279 e. The van der Waals surface area contributed by atoms with Gasteiger partial charge in [0.1, 0.15) is 5.75 Å². The summed E-state index contributed by atoms with van der Waals surface area (Å²) >= 11 is 1.39. The molecule has 3 aromatic rings. The summed E-state index contributed by atoms with van der Waals surface area (Å²) in [7, 11) is -0.371. The lowest BCUT2D eigenvalue weighted by Gasteiger charge is -2.34. The number of nitrogens with zero attached hydrogens (tertiary/aromatic N) is 3. The molecule has 4 rings (SSSR count). The summed E-state index contributed by atoms with van der Waals surface area (Å²) in [6, 6.07) is 11.8. The Hall–Kier alpha value is -2.53. The van der Waals surface area contributed by atoms with Gasteiger partial charge in [-0.1, -0.05) is 25.2 Å². The molecule has 1 aliphatic heterocycles. The van der Waals surface area contributed by atoms with Crippen LogP contribution in [0.3, 0.4) is 0 Å². The SMILES string of the molecule is COCCn1c(=NC(=O)c2ccc(S(=O)(=O)N3CC(C)CC(C)C3)cc2)sc2cc(OC)ccc21. The zero-order valence-electron chi connectivity index (χ0n) is 20.4. The van der Waals surface area contributed by atoms with E-state index in [1.165, 1.54) is 35.6 Å². The predicted octanol–water partition coefficient (Wildman–Crippen LogP) is 3.77. The molecule has 10 heteroatoms. The van der Waals surface area contributed by atoms with Crippen LogP contribution in [0.1, 0.15) is 30.6 Å². The van der Waals surface area contributed by atoms with E-state index in [1.807, 2.05) is 22.8 Å². The van der Waals surface area contributed by atoms with Crippen LogP contribution in [0.5, 0.6) is 5.75 Å². The number of piperidine rings is 1. The monoisotopic (exact) mass is 517 g/mol. The number of ether oxygens (including phenoxy) is 2. The van der Waals surface area contributed by atoms with Crippen molar-refractivity contribution in [1.82, 2.24) is 8.87 Å². The van der Waals surface area contributed by atoms with Crippen molar-refractivity contribution in [2.45, 2.75) is 31.7 Å². The number of carbonyl (C=O) groups is 1. The predicted molar refractivity (Wildman–Crippen MR) is 136 cm³/mol. The molecule has 0 bridgehead atoms. The van der Waals surface area contributed by atoms with Crippen molar-refractivity contribution in [2.24, 2.45) is 16.8 Å². The Kier molecular flexibility index (Phi) is 7.75. The van der Waals surface area contributed by atoms with Gasteiger partial charge in [0.15, 0.2) is 4.80 Å². The molecule has 1 fully saturated rings. The lowest BCUT2D eigenvalue weighted by Crippen LogP contribution is -2.42. The first kappa shape index (κ1) is 25.6. The number of sulfonamides is 1. The van der Waals surface area contributed by atoms with Crippen molar-refractivity contribution < 1.29 is 22.7 Å². The molecular formula is C25H31N3O5S2. The van der Waals surface area contributed by atoms with E-state index >= 15 is 0 Å². The maximum absolute atomic E-state index is 13.1. The quantitative estimate of drug-likeness (QED) is 0.476. The minimum absolute atomic E-state index is 0.194. The number of rotatable bonds is 7. The van der Waals surface area contributed by atoms with Gasteiger partial charge >= 0.3 is 0 Å². The summed E-state index contributed by atoms with van der Waals surface area (Å²) in [4.78, 5) is 18.1. The minimum Gasteiger partial charge on any atom is -0.497 e. The summed E-state index contributed by atoms with van der Waals surface area (Å²) in [5.74, 6) is 0.933. The fourth-order valence-corrected chi connectivity index (χ4v) is 7.30. The summed E-state index contributed by atoms with van der Waals surface area (Å²) in [5.41, 5.74) is 1.27. The first-order chi connectivity index (χ1) is 16.7. The third-order valence-electron chi connectivity index (χ3n) is 6.18. The van der Waals surface area contributed by atoms with E-state index in [9.17, 15) is 13.2 Å². The van der Waals surface area contributed by atoms with Gasteiger partial charge in [-0.25, -0.2) is 8.42 Å². The number of fused-ring (bicyclic) bond motifs is 1. The molecule has 35 heavy (non-hydrogen) atoms. The van der Waals surface area contributed by atoms with Crippen LogP contribution in [0, 0.1) is 11.8 Å². The van der Waals surface area contributed by atoms with Crippen LogP contribution < -0.4 is 9.54 Å². The highest BCUT2D eigenvalue weighted by Crippen LogP contribution is 2.27. The Morgan fingerprint density at radius 1 is 1.09 bits per heavy atom. The molecular weight excluding hydrogens is 486 g/mol. The zero-order chi connectivity index (χ0) is 25.2. The molecule has 1 aromatic heterocycles. The van der Waals surface area contributed by atoms with E-state index in [1.54, 1.807) is 18.5 Å². The maximum atomic E-state index is 13.1. The van der Waals surface area contributed by atoms with Crippen molar-refractivity contribution in [3.05, 3.63) is 52.8 Å². The second kappa shape index (κ2) is 10.6. The van der Waals surface area contributed by atoms with Crippen LogP contribution in [0.2, 0.25) is 0 Å². The summed E-state index contributed by atoms with van der Waals surface area (Å²) in [5, 5.41) is 0. The van der Waals surface area contributed by atoms with Crippen molar-refractivity contribution in [2.75, 3.05) is 33.9 Å². The smallest absolute Gasteiger partial charge is 0.279 e. The van der Waals surface area contributed by atoms with Crippen LogP contribution in [0.4, 0.5) is 0 Å². The number of thiazole rings is 1. The van der Waals surface area contributed by atoms with Crippen molar-refractivity contribution >= 4 is 37.5 Å². The highest BCUT2D eigenvalue weighted by atomic mass is 32.2. The minimum atomic E-state index is -3.61. The fourth-order valence-electron chi connectivity index (χ4n) is 4.54. The van der Waals surface area contributed by atoms with Crippen LogP contribution in [-0.4, -0.2) is 57.1 Å². The van der Waals surface area contributed by atoms with E-state index in [4.69, 9.17) is 9.47 Å². The molecule has 1 saturated heterocycles. The molecule has 2 aromatic carbocycles. The highest BCUT2D eigenvalue weighted by molar-refractivity contribution is 7.89. The second-order valence-corrected chi connectivity index (χ2v) is 12.0. The van der Waals surface area contributed by atoms with Gasteiger partial charge in [-0.3, -0.25) is 4.79 Å². The normalized spacial score (nSPS) is 19.8. The van der Waals surface area contributed by atoms with Gasteiger partial charge in [0.2, 0.25) is 10.0 Å². The number of amides is 1. The van der Waals surface area contributed by atoms with Crippen LogP contribution in [0.15, 0.2) is 52.4 Å². The van der Waals surface area contributed by atoms with Gasteiger partial charge in [0, 0.05) is 32.3 Å². The molecule has 1 amide bonds. The first-order valence-electron chi connectivity index (χ1n) is 11.6. The summed E-state index contributed by atoms with van der Waals surface area (Å²) in [6.07, 6.45) is 1.02. The van der Waals surface area contributed by atoms with Crippen LogP contribution in [-0.2, 0) is 21.3 Å². The lowest BCUT2D eigenvalue weighted by molar-refractivity contribution is 0.0997. The zero-order valence-corrected chi connectivity index (χ0v) is 22.1. The molecule has 2 atom stereocenters.